The zero-order valence-corrected chi connectivity index (χ0v) is 8.31. The Morgan fingerprint density at radius 1 is 1.42 bits per heavy atom. The van der Waals surface area contributed by atoms with Crippen molar-refractivity contribution in [2.45, 2.75) is 57.7 Å². The maximum Gasteiger partial charge on any atom is 0.0704 e. The van der Waals surface area contributed by atoms with E-state index in [0.717, 1.165) is 19.3 Å². The molecule has 0 radical (unpaired) electrons. The second kappa shape index (κ2) is 4.24. The zero-order chi connectivity index (χ0) is 9.03. The van der Waals surface area contributed by atoms with Gasteiger partial charge >= 0.3 is 0 Å². The maximum atomic E-state index is 6.00. The van der Waals surface area contributed by atoms with Crippen molar-refractivity contribution in [1.29, 1.82) is 0 Å². The molecule has 0 aromatic rings. The zero-order valence-electron chi connectivity index (χ0n) is 8.31. The van der Waals surface area contributed by atoms with Gasteiger partial charge in [-0.25, -0.2) is 0 Å². The molecule has 0 aromatic heterocycles. The minimum absolute atomic E-state index is 0.155. The first-order valence-corrected chi connectivity index (χ1v) is 5.14. The number of hydrogen-bond donors (Lipinski definition) is 1. The molecule has 1 aliphatic heterocycles. The monoisotopic (exact) mass is 171 g/mol. The van der Waals surface area contributed by atoms with E-state index in [4.69, 9.17) is 10.5 Å². The molecule has 0 bridgehead atoms. The van der Waals surface area contributed by atoms with Gasteiger partial charge in [-0.05, 0) is 32.1 Å². The first kappa shape index (κ1) is 10.0. The van der Waals surface area contributed by atoms with E-state index in [1.165, 1.54) is 12.8 Å². The van der Waals surface area contributed by atoms with Crippen molar-refractivity contribution in [2.75, 3.05) is 6.54 Å². The minimum Gasteiger partial charge on any atom is -0.370 e. The Hall–Kier alpha value is -0.0800. The second-order valence-corrected chi connectivity index (χ2v) is 3.76. The summed E-state index contributed by atoms with van der Waals surface area (Å²) in [6.45, 7) is 5.10. The molecule has 2 heteroatoms. The van der Waals surface area contributed by atoms with Gasteiger partial charge in [0.05, 0.1) is 11.7 Å². The van der Waals surface area contributed by atoms with Crippen LogP contribution >= 0.6 is 0 Å². The molecule has 1 atom stereocenters. The fourth-order valence-corrected chi connectivity index (χ4v) is 2.06. The number of ether oxygens (including phenoxy) is 1. The number of rotatable bonds is 3. The summed E-state index contributed by atoms with van der Waals surface area (Å²) in [5.41, 5.74) is 5.76. The molecular formula is C10H21NO. The summed E-state index contributed by atoms with van der Waals surface area (Å²) in [5, 5.41) is 0. The fourth-order valence-electron chi connectivity index (χ4n) is 2.06. The smallest absolute Gasteiger partial charge is 0.0704 e. The molecule has 0 aromatic carbocycles. The normalized spacial score (nSPS) is 28.8. The Balaban J connectivity index is 2.52. The van der Waals surface area contributed by atoms with E-state index in [1.807, 2.05) is 0 Å². The standard InChI is InChI=1S/C10H21NO/c1-3-10(4-2)7-5-6-9(8-11)12-10/h9H,3-8,11H2,1-2H3. The number of hydrogen-bond acceptors (Lipinski definition) is 2. The van der Waals surface area contributed by atoms with Crippen LogP contribution in [0.5, 0.6) is 0 Å². The lowest BCUT2D eigenvalue weighted by atomic mass is 9.87. The van der Waals surface area contributed by atoms with E-state index >= 15 is 0 Å². The van der Waals surface area contributed by atoms with E-state index in [-0.39, 0.29) is 5.60 Å². The molecule has 1 unspecified atom stereocenters. The summed E-state index contributed by atoms with van der Waals surface area (Å²) in [6.07, 6.45) is 6.22. The van der Waals surface area contributed by atoms with Crippen molar-refractivity contribution in [3.05, 3.63) is 0 Å². The van der Waals surface area contributed by atoms with Gasteiger partial charge in [0.2, 0.25) is 0 Å². The molecule has 2 N–H and O–H groups in total. The Labute approximate surface area is 75.5 Å². The minimum atomic E-state index is 0.155. The lowest BCUT2D eigenvalue weighted by Gasteiger charge is -2.40. The Bertz CT molecular complexity index is 132. The van der Waals surface area contributed by atoms with Crippen molar-refractivity contribution < 1.29 is 4.74 Å². The molecule has 1 aliphatic rings. The lowest BCUT2D eigenvalue weighted by Crippen LogP contribution is -2.42. The van der Waals surface area contributed by atoms with E-state index in [1.54, 1.807) is 0 Å². The maximum absolute atomic E-state index is 6.00. The Morgan fingerprint density at radius 3 is 2.58 bits per heavy atom. The highest BCUT2D eigenvalue weighted by atomic mass is 16.5. The summed E-state index contributed by atoms with van der Waals surface area (Å²) >= 11 is 0. The molecule has 0 aliphatic carbocycles. The average molecular weight is 171 g/mol. The molecular weight excluding hydrogens is 150 g/mol. The van der Waals surface area contributed by atoms with Crippen LogP contribution in [0.4, 0.5) is 0 Å². The van der Waals surface area contributed by atoms with E-state index in [2.05, 4.69) is 13.8 Å². The molecule has 12 heavy (non-hydrogen) atoms. The van der Waals surface area contributed by atoms with Gasteiger partial charge in [0, 0.05) is 6.54 Å². The van der Waals surface area contributed by atoms with Gasteiger partial charge in [-0.15, -0.1) is 0 Å². The molecule has 72 valence electrons. The third-order valence-electron chi connectivity index (χ3n) is 3.13. The lowest BCUT2D eigenvalue weighted by molar-refractivity contribution is -0.128. The molecule has 1 heterocycles. The van der Waals surface area contributed by atoms with Crippen molar-refractivity contribution in [1.82, 2.24) is 0 Å². The predicted octanol–water partition coefficient (Wildman–Crippen LogP) is 2.07. The van der Waals surface area contributed by atoms with Gasteiger partial charge in [-0.2, -0.15) is 0 Å². The van der Waals surface area contributed by atoms with Gasteiger partial charge in [-0.1, -0.05) is 13.8 Å². The van der Waals surface area contributed by atoms with Crippen molar-refractivity contribution in [3.8, 4) is 0 Å². The second-order valence-electron chi connectivity index (χ2n) is 3.76. The van der Waals surface area contributed by atoms with Crippen LogP contribution in [0.1, 0.15) is 46.0 Å². The summed E-state index contributed by atoms with van der Waals surface area (Å²) in [7, 11) is 0. The fraction of sp³-hybridized carbons (Fsp3) is 1.00. The van der Waals surface area contributed by atoms with Gasteiger partial charge in [0.1, 0.15) is 0 Å². The summed E-state index contributed by atoms with van der Waals surface area (Å²) in [6, 6.07) is 0. The van der Waals surface area contributed by atoms with E-state index in [9.17, 15) is 0 Å². The van der Waals surface area contributed by atoms with Crippen LogP contribution < -0.4 is 5.73 Å². The van der Waals surface area contributed by atoms with Crippen LogP contribution in [0.25, 0.3) is 0 Å². The molecule has 1 fully saturated rings. The van der Waals surface area contributed by atoms with Crippen molar-refractivity contribution in [2.24, 2.45) is 5.73 Å². The third kappa shape index (κ3) is 1.99. The Kier molecular flexibility index (Phi) is 3.53. The molecule has 1 rings (SSSR count). The van der Waals surface area contributed by atoms with Gasteiger partial charge in [-0.3, -0.25) is 0 Å². The molecule has 1 saturated heterocycles. The predicted molar refractivity (Wildman–Crippen MR) is 51.1 cm³/mol. The highest BCUT2D eigenvalue weighted by Crippen LogP contribution is 2.33. The van der Waals surface area contributed by atoms with Crippen molar-refractivity contribution in [3.63, 3.8) is 0 Å². The van der Waals surface area contributed by atoms with Crippen molar-refractivity contribution >= 4 is 0 Å². The SMILES string of the molecule is CCC1(CC)CCCC(CN)O1. The van der Waals surface area contributed by atoms with Crippen LogP contribution in [0.15, 0.2) is 0 Å². The highest BCUT2D eigenvalue weighted by Gasteiger charge is 2.33. The van der Waals surface area contributed by atoms with Gasteiger partial charge < -0.3 is 10.5 Å². The number of nitrogens with two attached hydrogens (primary N) is 1. The topological polar surface area (TPSA) is 35.2 Å². The largest absolute Gasteiger partial charge is 0.370 e. The Morgan fingerprint density at radius 2 is 2.08 bits per heavy atom. The first-order chi connectivity index (χ1) is 5.76. The summed E-state index contributed by atoms with van der Waals surface area (Å²) in [4.78, 5) is 0. The van der Waals surface area contributed by atoms with Crippen LogP contribution in [-0.4, -0.2) is 18.2 Å². The molecule has 2 nitrogen and oxygen atoms in total. The van der Waals surface area contributed by atoms with Crippen LogP contribution in [-0.2, 0) is 4.74 Å². The molecule has 0 amide bonds. The van der Waals surface area contributed by atoms with Crippen LogP contribution in [0.2, 0.25) is 0 Å². The van der Waals surface area contributed by atoms with E-state index in [0.29, 0.717) is 12.6 Å². The van der Waals surface area contributed by atoms with Crippen LogP contribution in [0, 0.1) is 0 Å². The van der Waals surface area contributed by atoms with Crippen LogP contribution in [0.3, 0.4) is 0 Å². The summed E-state index contributed by atoms with van der Waals surface area (Å²) < 4.78 is 6.00. The summed E-state index contributed by atoms with van der Waals surface area (Å²) in [5.74, 6) is 0. The third-order valence-corrected chi connectivity index (χ3v) is 3.13. The average Bonchev–Trinajstić information content (AvgIpc) is 2.18. The van der Waals surface area contributed by atoms with Gasteiger partial charge in [0.25, 0.3) is 0 Å². The molecule has 0 spiro atoms. The molecule has 0 saturated carbocycles. The highest BCUT2D eigenvalue weighted by molar-refractivity contribution is 4.84. The first-order valence-electron chi connectivity index (χ1n) is 5.14. The van der Waals surface area contributed by atoms with Gasteiger partial charge in [0.15, 0.2) is 0 Å². The quantitative estimate of drug-likeness (QED) is 0.705. The van der Waals surface area contributed by atoms with E-state index < -0.39 is 0 Å².